The molecular formula is C14H17F3N2O2S. The summed E-state index contributed by atoms with van der Waals surface area (Å²) in [5.41, 5.74) is 0.0638. The van der Waals surface area contributed by atoms with Crippen LogP contribution in [0, 0.1) is 11.8 Å². The maximum Gasteiger partial charge on any atom is 0.393 e. The lowest BCUT2D eigenvalue weighted by Gasteiger charge is -2.17. The summed E-state index contributed by atoms with van der Waals surface area (Å²) in [5, 5.41) is 3.24. The van der Waals surface area contributed by atoms with E-state index < -0.39 is 22.6 Å². The van der Waals surface area contributed by atoms with Crippen molar-refractivity contribution in [1.29, 1.82) is 0 Å². The quantitative estimate of drug-likeness (QED) is 0.914. The number of nitrogens with zero attached hydrogens (tertiary/aromatic N) is 1. The second kappa shape index (κ2) is 5.50. The van der Waals surface area contributed by atoms with E-state index in [1.54, 1.807) is 0 Å². The minimum Gasteiger partial charge on any atom is -0.316 e. The number of halogens is 3. The lowest BCUT2D eigenvalue weighted by atomic mass is 10.0. The third kappa shape index (κ3) is 3.13. The first-order valence-corrected chi connectivity index (χ1v) is 8.56. The zero-order valence-corrected chi connectivity index (χ0v) is 12.6. The normalized spacial score (nSPS) is 26.3. The second-order valence-corrected chi connectivity index (χ2v) is 7.87. The Hall–Kier alpha value is -1.12. The number of nitrogens with one attached hydrogen (secondary N) is 1. The van der Waals surface area contributed by atoms with Gasteiger partial charge in [-0.1, -0.05) is 12.1 Å². The van der Waals surface area contributed by atoms with Crippen LogP contribution in [0.1, 0.15) is 5.56 Å². The molecule has 2 aliphatic heterocycles. The summed E-state index contributed by atoms with van der Waals surface area (Å²) < 4.78 is 63.5. The van der Waals surface area contributed by atoms with E-state index in [0.29, 0.717) is 24.9 Å². The van der Waals surface area contributed by atoms with Gasteiger partial charge in [-0.25, -0.2) is 8.42 Å². The number of hydrogen-bond acceptors (Lipinski definition) is 3. The number of rotatable bonds is 3. The van der Waals surface area contributed by atoms with Gasteiger partial charge in [0.25, 0.3) is 0 Å². The summed E-state index contributed by atoms with van der Waals surface area (Å²) in [6.45, 7) is 2.59. The molecule has 2 heterocycles. The third-order valence-electron chi connectivity index (χ3n) is 4.32. The molecule has 4 nitrogen and oxygen atoms in total. The van der Waals surface area contributed by atoms with Crippen molar-refractivity contribution in [2.45, 2.75) is 17.5 Å². The van der Waals surface area contributed by atoms with Gasteiger partial charge in [-0.3, -0.25) is 0 Å². The average molecular weight is 334 g/mol. The van der Waals surface area contributed by atoms with Gasteiger partial charge in [0, 0.05) is 13.1 Å². The summed E-state index contributed by atoms with van der Waals surface area (Å²) in [5.74, 6) is 0.665. The molecule has 0 bridgehead atoms. The van der Waals surface area contributed by atoms with E-state index in [4.69, 9.17) is 0 Å². The molecule has 0 aromatic heterocycles. The van der Waals surface area contributed by atoms with Crippen LogP contribution in [0.4, 0.5) is 13.2 Å². The van der Waals surface area contributed by atoms with Crippen LogP contribution in [-0.4, -0.2) is 45.1 Å². The molecule has 2 fully saturated rings. The van der Waals surface area contributed by atoms with Crippen molar-refractivity contribution in [3.05, 3.63) is 29.8 Å². The molecule has 22 heavy (non-hydrogen) atoms. The van der Waals surface area contributed by atoms with Crippen molar-refractivity contribution in [2.75, 3.05) is 26.2 Å². The maximum atomic E-state index is 12.5. The smallest absolute Gasteiger partial charge is 0.316 e. The Balaban J connectivity index is 1.75. The van der Waals surface area contributed by atoms with Gasteiger partial charge in [-0.15, -0.1) is 0 Å². The molecule has 0 saturated carbocycles. The van der Waals surface area contributed by atoms with E-state index in [0.717, 1.165) is 13.1 Å². The Morgan fingerprint density at radius 3 is 2.14 bits per heavy atom. The monoisotopic (exact) mass is 334 g/mol. The Morgan fingerprint density at radius 2 is 1.64 bits per heavy atom. The molecule has 1 N–H and O–H groups in total. The van der Waals surface area contributed by atoms with Crippen molar-refractivity contribution in [3.8, 4) is 0 Å². The van der Waals surface area contributed by atoms with Crippen LogP contribution in [0.15, 0.2) is 29.2 Å². The van der Waals surface area contributed by atoms with Gasteiger partial charge in [0.15, 0.2) is 0 Å². The average Bonchev–Trinajstić information content (AvgIpc) is 2.98. The standard InChI is InChI=1S/C14H17F3N2O2S/c15-14(16,17)5-10-1-3-13(4-2-10)22(20,21)19-8-11-6-18-7-12(11)9-19/h1-4,11-12,18H,5-9H2/t11-,12+. The highest BCUT2D eigenvalue weighted by atomic mass is 32.2. The molecule has 1 aromatic carbocycles. The molecule has 2 aliphatic rings. The Labute approximate surface area is 127 Å². The molecule has 2 saturated heterocycles. The van der Waals surface area contributed by atoms with Crippen LogP contribution in [0.2, 0.25) is 0 Å². The van der Waals surface area contributed by atoms with E-state index in [1.807, 2.05) is 0 Å². The van der Waals surface area contributed by atoms with Gasteiger partial charge in [0.2, 0.25) is 10.0 Å². The van der Waals surface area contributed by atoms with Crippen LogP contribution in [0.5, 0.6) is 0 Å². The molecule has 0 radical (unpaired) electrons. The van der Waals surface area contributed by atoms with E-state index in [2.05, 4.69) is 5.32 Å². The van der Waals surface area contributed by atoms with E-state index in [1.165, 1.54) is 28.6 Å². The lowest BCUT2D eigenvalue weighted by Crippen LogP contribution is -2.31. The Morgan fingerprint density at radius 1 is 1.09 bits per heavy atom. The van der Waals surface area contributed by atoms with Gasteiger partial charge in [-0.05, 0) is 42.6 Å². The summed E-state index contributed by atoms with van der Waals surface area (Å²) in [4.78, 5) is 0.0614. The molecule has 3 rings (SSSR count). The van der Waals surface area contributed by atoms with E-state index in [-0.39, 0.29) is 10.5 Å². The van der Waals surface area contributed by atoms with Crippen LogP contribution < -0.4 is 5.32 Å². The highest BCUT2D eigenvalue weighted by Crippen LogP contribution is 2.31. The van der Waals surface area contributed by atoms with E-state index in [9.17, 15) is 21.6 Å². The third-order valence-corrected chi connectivity index (χ3v) is 6.17. The maximum absolute atomic E-state index is 12.5. The zero-order chi connectivity index (χ0) is 16.0. The molecule has 1 aromatic rings. The van der Waals surface area contributed by atoms with E-state index >= 15 is 0 Å². The highest BCUT2D eigenvalue weighted by Gasteiger charge is 2.41. The molecule has 2 atom stereocenters. The van der Waals surface area contributed by atoms with Gasteiger partial charge < -0.3 is 5.32 Å². The van der Waals surface area contributed by atoms with Crippen LogP contribution >= 0.6 is 0 Å². The number of sulfonamides is 1. The number of fused-ring (bicyclic) bond motifs is 1. The molecule has 0 spiro atoms. The first-order chi connectivity index (χ1) is 10.3. The minimum absolute atomic E-state index is 0.0614. The van der Waals surface area contributed by atoms with Crippen molar-refractivity contribution in [3.63, 3.8) is 0 Å². The van der Waals surface area contributed by atoms with Gasteiger partial charge in [0.05, 0.1) is 11.3 Å². The van der Waals surface area contributed by atoms with Crippen molar-refractivity contribution in [2.24, 2.45) is 11.8 Å². The molecule has 0 aliphatic carbocycles. The number of alkyl halides is 3. The topological polar surface area (TPSA) is 49.4 Å². The van der Waals surface area contributed by atoms with Crippen molar-refractivity contribution >= 4 is 10.0 Å². The first kappa shape index (κ1) is 15.8. The van der Waals surface area contributed by atoms with Crippen molar-refractivity contribution in [1.82, 2.24) is 9.62 Å². The minimum atomic E-state index is -4.29. The lowest BCUT2D eigenvalue weighted by molar-refractivity contribution is -0.127. The molecule has 8 heteroatoms. The summed E-state index contributed by atoms with van der Waals surface area (Å²) in [6.07, 6.45) is -5.34. The number of benzene rings is 1. The molecule has 0 unspecified atom stereocenters. The fraction of sp³-hybridized carbons (Fsp3) is 0.571. The Kier molecular flexibility index (Phi) is 3.94. The van der Waals surface area contributed by atoms with Crippen molar-refractivity contribution < 1.29 is 21.6 Å². The predicted molar refractivity (Wildman–Crippen MR) is 74.8 cm³/mol. The summed E-state index contributed by atoms with van der Waals surface area (Å²) in [6, 6.07) is 5.00. The van der Waals surface area contributed by atoms with Gasteiger partial charge >= 0.3 is 6.18 Å². The van der Waals surface area contributed by atoms with Crippen LogP contribution in [-0.2, 0) is 16.4 Å². The summed E-state index contributed by atoms with van der Waals surface area (Å²) in [7, 11) is -3.62. The largest absolute Gasteiger partial charge is 0.393 e. The fourth-order valence-electron chi connectivity index (χ4n) is 3.17. The molecule has 0 amide bonds. The number of hydrogen-bond donors (Lipinski definition) is 1. The highest BCUT2D eigenvalue weighted by molar-refractivity contribution is 7.89. The summed E-state index contributed by atoms with van der Waals surface area (Å²) >= 11 is 0. The zero-order valence-electron chi connectivity index (χ0n) is 11.8. The molecular weight excluding hydrogens is 317 g/mol. The SMILES string of the molecule is O=S(=O)(c1ccc(CC(F)(F)F)cc1)N1C[C@H]2CNC[C@H]2C1. The van der Waals surface area contributed by atoms with Gasteiger partial charge in [0.1, 0.15) is 0 Å². The molecule has 122 valence electrons. The second-order valence-electron chi connectivity index (χ2n) is 5.94. The fourth-order valence-corrected chi connectivity index (χ4v) is 4.72. The van der Waals surface area contributed by atoms with Crippen LogP contribution in [0.3, 0.4) is 0 Å². The van der Waals surface area contributed by atoms with Gasteiger partial charge in [-0.2, -0.15) is 17.5 Å². The Bertz CT molecular complexity index is 631. The van der Waals surface area contributed by atoms with Crippen LogP contribution in [0.25, 0.3) is 0 Å². The predicted octanol–water partition coefficient (Wildman–Crippen LogP) is 1.63. The first-order valence-electron chi connectivity index (χ1n) is 7.12.